The minimum Gasteiger partial charge on any atom is -0.392 e. The van der Waals surface area contributed by atoms with Crippen molar-refractivity contribution in [3.8, 4) is 0 Å². The summed E-state index contributed by atoms with van der Waals surface area (Å²) >= 11 is 0. The third kappa shape index (κ3) is 2.50. The summed E-state index contributed by atoms with van der Waals surface area (Å²) in [7, 11) is 0. The Hall–Kier alpha value is -0.160. The standard InChI is InChI=1S/C13H26N2O2/c1-12(2)10(11(14)13(3,4)17-12)8-15-6-5-9(16)7-15/h9-11,16H,5-8,14H2,1-4H3. The monoisotopic (exact) mass is 242 g/mol. The number of likely N-dealkylation sites (tertiary alicyclic amines) is 1. The van der Waals surface area contributed by atoms with Gasteiger partial charge in [-0.25, -0.2) is 0 Å². The fourth-order valence-electron chi connectivity index (χ4n) is 3.33. The smallest absolute Gasteiger partial charge is 0.0788 e. The van der Waals surface area contributed by atoms with Gasteiger partial charge in [-0.2, -0.15) is 0 Å². The second kappa shape index (κ2) is 4.19. The van der Waals surface area contributed by atoms with Crippen molar-refractivity contribution in [1.82, 2.24) is 4.90 Å². The molecule has 3 unspecified atom stereocenters. The molecule has 0 radical (unpaired) electrons. The predicted molar refractivity (Wildman–Crippen MR) is 67.8 cm³/mol. The molecule has 4 heteroatoms. The Morgan fingerprint density at radius 2 is 1.94 bits per heavy atom. The largest absolute Gasteiger partial charge is 0.392 e. The summed E-state index contributed by atoms with van der Waals surface area (Å²) < 4.78 is 6.08. The number of rotatable bonds is 2. The average molecular weight is 242 g/mol. The lowest BCUT2D eigenvalue weighted by atomic mass is 9.83. The third-order valence-corrected chi connectivity index (χ3v) is 4.36. The van der Waals surface area contributed by atoms with Crippen molar-refractivity contribution in [2.24, 2.45) is 11.7 Å². The van der Waals surface area contributed by atoms with Gasteiger partial charge in [0.15, 0.2) is 0 Å². The summed E-state index contributed by atoms with van der Waals surface area (Å²) in [6.07, 6.45) is 0.719. The highest BCUT2D eigenvalue weighted by Gasteiger charge is 2.52. The Labute approximate surface area is 104 Å². The van der Waals surface area contributed by atoms with E-state index in [0.717, 1.165) is 26.1 Å². The molecular weight excluding hydrogens is 216 g/mol. The molecule has 2 fully saturated rings. The van der Waals surface area contributed by atoms with Crippen LogP contribution in [0.4, 0.5) is 0 Å². The van der Waals surface area contributed by atoms with Gasteiger partial charge in [0.25, 0.3) is 0 Å². The van der Waals surface area contributed by atoms with Crippen LogP contribution in [0.15, 0.2) is 0 Å². The summed E-state index contributed by atoms with van der Waals surface area (Å²) in [5, 5.41) is 9.57. The maximum absolute atomic E-state index is 9.57. The lowest BCUT2D eigenvalue weighted by Gasteiger charge is -2.31. The first-order valence-corrected chi connectivity index (χ1v) is 6.58. The van der Waals surface area contributed by atoms with Crippen molar-refractivity contribution in [1.29, 1.82) is 0 Å². The highest BCUT2D eigenvalue weighted by atomic mass is 16.5. The molecule has 2 heterocycles. The summed E-state index contributed by atoms with van der Waals surface area (Å²) in [6.45, 7) is 11.1. The average Bonchev–Trinajstić information content (AvgIpc) is 2.62. The van der Waals surface area contributed by atoms with Crippen LogP contribution < -0.4 is 5.73 Å². The van der Waals surface area contributed by atoms with Gasteiger partial charge in [-0.1, -0.05) is 0 Å². The lowest BCUT2D eigenvalue weighted by Crippen LogP contribution is -2.47. The number of aliphatic hydroxyl groups is 1. The van der Waals surface area contributed by atoms with Crippen molar-refractivity contribution in [3.05, 3.63) is 0 Å². The van der Waals surface area contributed by atoms with E-state index >= 15 is 0 Å². The summed E-state index contributed by atoms with van der Waals surface area (Å²) in [5.41, 5.74) is 5.89. The molecular formula is C13H26N2O2. The SMILES string of the molecule is CC1(C)OC(C)(C)C(CN2CCC(O)C2)C1N. The highest BCUT2D eigenvalue weighted by molar-refractivity contribution is 5.05. The van der Waals surface area contributed by atoms with Crippen LogP contribution in [-0.4, -0.2) is 53.0 Å². The fraction of sp³-hybridized carbons (Fsp3) is 1.00. The van der Waals surface area contributed by atoms with Crippen LogP contribution in [-0.2, 0) is 4.74 Å². The summed E-state index contributed by atoms with van der Waals surface area (Å²) in [5.74, 6) is 0.322. The molecule has 0 bridgehead atoms. The Morgan fingerprint density at radius 1 is 1.29 bits per heavy atom. The second-order valence-electron chi connectivity index (χ2n) is 6.64. The van der Waals surface area contributed by atoms with E-state index in [1.165, 1.54) is 0 Å². The number of nitrogens with zero attached hydrogens (tertiary/aromatic N) is 1. The van der Waals surface area contributed by atoms with Gasteiger partial charge < -0.3 is 20.5 Å². The molecule has 0 aromatic heterocycles. The lowest BCUT2D eigenvalue weighted by molar-refractivity contribution is -0.0782. The van der Waals surface area contributed by atoms with Crippen LogP contribution in [0.2, 0.25) is 0 Å². The van der Waals surface area contributed by atoms with Gasteiger partial charge >= 0.3 is 0 Å². The molecule has 17 heavy (non-hydrogen) atoms. The van der Waals surface area contributed by atoms with E-state index in [4.69, 9.17) is 10.5 Å². The van der Waals surface area contributed by atoms with E-state index in [1.807, 2.05) is 0 Å². The Kier molecular flexibility index (Phi) is 3.28. The van der Waals surface area contributed by atoms with E-state index in [-0.39, 0.29) is 23.3 Å². The molecule has 0 saturated carbocycles. The molecule has 2 rings (SSSR count). The van der Waals surface area contributed by atoms with E-state index in [9.17, 15) is 5.11 Å². The third-order valence-electron chi connectivity index (χ3n) is 4.36. The fourth-order valence-corrected chi connectivity index (χ4v) is 3.33. The van der Waals surface area contributed by atoms with Crippen molar-refractivity contribution < 1.29 is 9.84 Å². The van der Waals surface area contributed by atoms with Crippen molar-refractivity contribution in [2.75, 3.05) is 19.6 Å². The molecule has 0 amide bonds. The van der Waals surface area contributed by atoms with Gasteiger partial charge in [-0.15, -0.1) is 0 Å². The Balaban J connectivity index is 2.04. The van der Waals surface area contributed by atoms with Gasteiger partial charge in [0, 0.05) is 31.6 Å². The van der Waals surface area contributed by atoms with Crippen LogP contribution in [0, 0.1) is 5.92 Å². The van der Waals surface area contributed by atoms with Crippen molar-refractivity contribution in [3.63, 3.8) is 0 Å². The highest BCUT2D eigenvalue weighted by Crippen LogP contribution is 2.41. The minimum absolute atomic E-state index is 0.0512. The Bertz CT molecular complexity index is 291. The molecule has 4 nitrogen and oxygen atoms in total. The van der Waals surface area contributed by atoms with Crippen molar-refractivity contribution in [2.45, 2.75) is 57.5 Å². The van der Waals surface area contributed by atoms with Gasteiger partial charge in [0.1, 0.15) is 0 Å². The number of β-amino-alcohol motifs (C(OH)–C–C–N with tert-alkyl or cyclic N) is 1. The quantitative estimate of drug-likeness (QED) is 0.744. The zero-order valence-electron chi connectivity index (χ0n) is 11.4. The van der Waals surface area contributed by atoms with E-state index in [2.05, 4.69) is 32.6 Å². The van der Waals surface area contributed by atoms with E-state index in [0.29, 0.717) is 5.92 Å². The molecule has 2 aliphatic rings. The number of nitrogens with two attached hydrogens (primary N) is 1. The molecule has 0 aromatic carbocycles. The molecule has 2 saturated heterocycles. The van der Waals surface area contributed by atoms with Gasteiger partial charge in [0.2, 0.25) is 0 Å². The molecule has 3 atom stereocenters. The molecule has 100 valence electrons. The molecule has 0 spiro atoms. The minimum atomic E-state index is -0.257. The molecule has 3 N–H and O–H groups in total. The first-order chi connectivity index (χ1) is 7.72. The first-order valence-electron chi connectivity index (χ1n) is 6.58. The van der Waals surface area contributed by atoms with E-state index < -0.39 is 0 Å². The normalized spacial score (nSPS) is 40.9. The van der Waals surface area contributed by atoms with Crippen LogP contribution in [0.25, 0.3) is 0 Å². The zero-order valence-corrected chi connectivity index (χ0v) is 11.4. The van der Waals surface area contributed by atoms with Gasteiger partial charge in [-0.05, 0) is 34.1 Å². The number of hydrogen-bond acceptors (Lipinski definition) is 4. The topological polar surface area (TPSA) is 58.7 Å². The maximum Gasteiger partial charge on any atom is 0.0788 e. The molecule has 0 aliphatic carbocycles. The van der Waals surface area contributed by atoms with Crippen LogP contribution >= 0.6 is 0 Å². The van der Waals surface area contributed by atoms with Crippen LogP contribution in [0.5, 0.6) is 0 Å². The van der Waals surface area contributed by atoms with Crippen molar-refractivity contribution >= 4 is 0 Å². The second-order valence-corrected chi connectivity index (χ2v) is 6.64. The predicted octanol–water partition coefficient (Wildman–Crippen LogP) is 0.584. The number of ether oxygens (including phenoxy) is 1. The zero-order chi connectivity index (χ0) is 12.8. The first kappa shape index (κ1) is 13.3. The number of aliphatic hydroxyl groups excluding tert-OH is 1. The van der Waals surface area contributed by atoms with Crippen LogP contribution in [0.3, 0.4) is 0 Å². The van der Waals surface area contributed by atoms with Gasteiger partial charge in [0.05, 0.1) is 17.3 Å². The molecule has 0 aromatic rings. The molecule has 2 aliphatic heterocycles. The maximum atomic E-state index is 9.57. The number of hydrogen-bond donors (Lipinski definition) is 2. The summed E-state index contributed by atoms with van der Waals surface area (Å²) in [6, 6.07) is 0.0512. The van der Waals surface area contributed by atoms with Crippen LogP contribution in [0.1, 0.15) is 34.1 Å². The summed E-state index contributed by atoms with van der Waals surface area (Å²) in [4.78, 5) is 2.31. The van der Waals surface area contributed by atoms with E-state index in [1.54, 1.807) is 0 Å². The van der Waals surface area contributed by atoms with Gasteiger partial charge in [-0.3, -0.25) is 0 Å². The Morgan fingerprint density at radius 3 is 2.35 bits per heavy atom.